The van der Waals surface area contributed by atoms with Crippen LogP contribution < -0.4 is 13.1 Å². The summed E-state index contributed by atoms with van der Waals surface area (Å²) >= 11 is -5.01. The van der Waals surface area contributed by atoms with Gasteiger partial charge in [0.2, 0.25) is 0 Å². The van der Waals surface area contributed by atoms with Gasteiger partial charge in [0.1, 0.15) is 0 Å². The second-order valence-corrected chi connectivity index (χ2v) is 13.3. The van der Waals surface area contributed by atoms with E-state index < -0.39 is 116 Å². The van der Waals surface area contributed by atoms with Crippen LogP contribution in [0.5, 0.6) is 0 Å². The minimum absolute atomic E-state index is 0.170. The van der Waals surface area contributed by atoms with Gasteiger partial charge in [-0.05, 0) is 0 Å². The van der Waals surface area contributed by atoms with E-state index in [0.29, 0.717) is 0 Å². The van der Waals surface area contributed by atoms with Crippen molar-refractivity contribution < 1.29 is 79.0 Å². The summed E-state index contributed by atoms with van der Waals surface area (Å²) in [7, 11) is 0. The van der Waals surface area contributed by atoms with Crippen molar-refractivity contribution in [1.29, 1.82) is 0 Å². The Kier molecular flexibility index (Phi) is 8.68. The molecular formula is C24H9AsF18. The maximum atomic E-state index is 13.5. The summed E-state index contributed by atoms with van der Waals surface area (Å²) < 4.78 is 240. The fraction of sp³-hybridized carbons (Fsp3) is 0.250. The van der Waals surface area contributed by atoms with Crippen LogP contribution in [0.2, 0.25) is 0 Å². The van der Waals surface area contributed by atoms with E-state index in [1.165, 1.54) is 0 Å². The molecule has 0 amide bonds. The van der Waals surface area contributed by atoms with Crippen molar-refractivity contribution >= 4 is 27.7 Å². The van der Waals surface area contributed by atoms with Crippen molar-refractivity contribution in [3.05, 3.63) is 88.0 Å². The van der Waals surface area contributed by atoms with Gasteiger partial charge < -0.3 is 0 Å². The molecule has 0 nitrogen and oxygen atoms in total. The molecule has 0 N–H and O–H groups in total. The minimum atomic E-state index is -5.65. The first kappa shape index (κ1) is 34.4. The summed E-state index contributed by atoms with van der Waals surface area (Å²) in [6.45, 7) is 0. The number of rotatable bonds is 3. The maximum absolute atomic E-state index is 13.5. The zero-order valence-corrected chi connectivity index (χ0v) is 21.8. The number of alkyl halides is 18. The SMILES string of the molecule is FC(F)(F)c1cc([As](c2cc(C(F)(F)F)cc(C(F)(F)F)c2)c2cc(C(F)(F)F)cc(C(F)(F)F)c2)cc(C(F)(F)F)c1. The van der Waals surface area contributed by atoms with Crippen LogP contribution >= 0.6 is 0 Å². The summed E-state index contributed by atoms with van der Waals surface area (Å²) in [5, 5.41) is 0. The summed E-state index contributed by atoms with van der Waals surface area (Å²) in [6.07, 6.45) is -33.9. The Morgan fingerprint density at radius 1 is 0.256 bits per heavy atom. The molecule has 3 rings (SSSR count). The molecule has 0 radical (unpaired) electrons. The fourth-order valence-corrected chi connectivity index (χ4v) is 8.90. The average Bonchev–Trinajstić information content (AvgIpc) is 2.80. The molecule has 0 aliphatic heterocycles. The normalized spacial score (nSPS) is 14.0. The molecule has 0 atom stereocenters. The van der Waals surface area contributed by atoms with Crippen LogP contribution in [0.15, 0.2) is 54.6 Å². The first-order valence-corrected chi connectivity index (χ1v) is 13.6. The van der Waals surface area contributed by atoms with Crippen molar-refractivity contribution in [3.8, 4) is 0 Å². The third-order valence-corrected chi connectivity index (χ3v) is 10.4. The second kappa shape index (κ2) is 10.8. The van der Waals surface area contributed by atoms with E-state index in [4.69, 9.17) is 0 Å². The molecule has 0 aromatic heterocycles. The van der Waals surface area contributed by atoms with Crippen LogP contribution in [0.25, 0.3) is 0 Å². The summed E-state index contributed by atoms with van der Waals surface area (Å²) in [6, 6.07) is -2.49. The summed E-state index contributed by atoms with van der Waals surface area (Å²) in [5.74, 6) is 0. The quantitative estimate of drug-likeness (QED) is 0.189. The molecule has 0 unspecified atom stereocenters. The molecule has 0 aliphatic rings. The van der Waals surface area contributed by atoms with Gasteiger partial charge in [0.05, 0.1) is 0 Å². The Morgan fingerprint density at radius 2 is 0.395 bits per heavy atom. The average molecular weight is 714 g/mol. The molecule has 3 aromatic rings. The van der Waals surface area contributed by atoms with Crippen LogP contribution in [-0.4, -0.2) is 14.7 Å². The van der Waals surface area contributed by atoms with E-state index in [1.807, 2.05) is 0 Å². The van der Waals surface area contributed by atoms with Crippen LogP contribution in [0, 0.1) is 0 Å². The topological polar surface area (TPSA) is 0 Å². The fourth-order valence-electron chi connectivity index (χ4n) is 3.65. The Balaban J connectivity index is 2.60. The molecule has 0 saturated carbocycles. The van der Waals surface area contributed by atoms with Crippen LogP contribution in [-0.2, 0) is 37.1 Å². The van der Waals surface area contributed by atoms with Crippen molar-refractivity contribution in [2.24, 2.45) is 0 Å². The van der Waals surface area contributed by atoms with Crippen molar-refractivity contribution in [2.45, 2.75) is 37.1 Å². The molecular weight excluding hydrogens is 705 g/mol. The third kappa shape index (κ3) is 8.12. The van der Waals surface area contributed by atoms with Crippen molar-refractivity contribution in [3.63, 3.8) is 0 Å². The molecule has 0 bridgehead atoms. The van der Waals surface area contributed by atoms with Gasteiger partial charge in [0.15, 0.2) is 0 Å². The molecule has 0 saturated heterocycles. The molecule has 43 heavy (non-hydrogen) atoms. The van der Waals surface area contributed by atoms with Gasteiger partial charge in [0, 0.05) is 0 Å². The van der Waals surface area contributed by atoms with Gasteiger partial charge >= 0.3 is 232 Å². The molecule has 0 spiro atoms. The summed E-state index contributed by atoms with van der Waals surface area (Å²) in [4.78, 5) is 0. The first-order chi connectivity index (χ1) is 19.1. The van der Waals surface area contributed by atoms with Gasteiger partial charge in [-0.15, -0.1) is 0 Å². The van der Waals surface area contributed by atoms with Crippen LogP contribution in [0.1, 0.15) is 33.4 Å². The number of benzene rings is 3. The standard InChI is InChI=1S/C24H9AsF18/c26-19(27,28)10-1-11(20(29,30)31)5-16(4-10)25(17-6-12(21(32,33)34)2-13(7-17)22(35,36)37)18-8-14(23(38,39)40)3-15(9-18)24(41,42)43/h1-9H. The van der Waals surface area contributed by atoms with Gasteiger partial charge in [-0.3, -0.25) is 0 Å². The molecule has 19 heteroatoms. The van der Waals surface area contributed by atoms with E-state index >= 15 is 0 Å². The summed E-state index contributed by atoms with van der Waals surface area (Å²) in [5.41, 5.74) is -13.0. The third-order valence-electron chi connectivity index (χ3n) is 5.49. The van der Waals surface area contributed by atoms with E-state index in [0.717, 1.165) is 0 Å². The molecule has 0 aliphatic carbocycles. The van der Waals surface area contributed by atoms with Crippen molar-refractivity contribution in [1.82, 2.24) is 0 Å². The van der Waals surface area contributed by atoms with Crippen molar-refractivity contribution in [2.75, 3.05) is 0 Å². The van der Waals surface area contributed by atoms with E-state index in [9.17, 15) is 79.0 Å². The number of hydrogen-bond donors (Lipinski definition) is 0. The first-order valence-electron chi connectivity index (χ1n) is 10.8. The number of halogens is 18. The van der Waals surface area contributed by atoms with Gasteiger partial charge in [-0.2, -0.15) is 0 Å². The van der Waals surface area contributed by atoms with Gasteiger partial charge in [-0.25, -0.2) is 0 Å². The Labute approximate surface area is 232 Å². The monoisotopic (exact) mass is 714 g/mol. The predicted molar refractivity (Wildman–Crippen MR) is 114 cm³/mol. The van der Waals surface area contributed by atoms with Crippen LogP contribution in [0.4, 0.5) is 79.0 Å². The van der Waals surface area contributed by atoms with E-state index in [1.54, 1.807) is 0 Å². The van der Waals surface area contributed by atoms with Crippen LogP contribution in [0.3, 0.4) is 0 Å². The molecule has 0 heterocycles. The molecule has 236 valence electrons. The Morgan fingerprint density at radius 3 is 0.512 bits per heavy atom. The predicted octanol–water partition coefficient (Wildman–Crippen LogP) is 8.32. The Bertz CT molecular complexity index is 1210. The van der Waals surface area contributed by atoms with E-state index in [2.05, 4.69) is 0 Å². The van der Waals surface area contributed by atoms with Gasteiger partial charge in [-0.1, -0.05) is 0 Å². The van der Waals surface area contributed by atoms with Gasteiger partial charge in [0.25, 0.3) is 0 Å². The second-order valence-electron chi connectivity index (χ2n) is 8.63. The molecule has 3 aromatic carbocycles. The Hall–Kier alpha value is -3.04. The van der Waals surface area contributed by atoms with E-state index in [-0.39, 0.29) is 36.4 Å². The zero-order valence-electron chi connectivity index (χ0n) is 19.9. The zero-order chi connectivity index (χ0) is 33.1. The molecule has 0 fully saturated rings. The number of hydrogen-bond acceptors (Lipinski definition) is 0.